The van der Waals surface area contributed by atoms with Gasteiger partial charge in [-0.25, -0.2) is 9.97 Å². The number of rotatable bonds is 8. The van der Waals surface area contributed by atoms with Gasteiger partial charge in [-0.3, -0.25) is 4.79 Å². The number of carbonyl (C=O) groups is 1. The van der Waals surface area contributed by atoms with E-state index in [-0.39, 0.29) is 5.91 Å². The Hall–Kier alpha value is -2.47. The van der Waals surface area contributed by atoms with Crippen LogP contribution in [0.25, 0.3) is 0 Å². The molecule has 25 heavy (non-hydrogen) atoms. The zero-order valence-electron chi connectivity index (χ0n) is 15.3. The first-order valence-corrected chi connectivity index (χ1v) is 8.48. The number of hydrogen-bond donors (Lipinski definition) is 2. The number of aromatic nitrogens is 2. The molecule has 134 valence electrons. The van der Waals surface area contributed by atoms with Crippen LogP contribution in [0.3, 0.4) is 0 Å². The molecule has 0 aliphatic rings. The Morgan fingerprint density at radius 2 is 2.08 bits per heavy atom. The number of hydrogen-bond acceptors (Lipinski definition) is 5. The lowest BCUT2D eigenvalue weighted by Crippen LogP contribution is -2.26. The molecule has 0 saturated heterocycles. The molecule has 0 aliphatic carbocycles. The fourth-order valence-corrected chi connectivity index (χ4v) is 2.53. The highest BCUT2D eigenvalue weighted by molar-refractivity contribution is 5.93. The molecule has 6 heteroatoms. The highest BCUT2D eigenvalue weighted by Gasteiger charge is 2.12. The number of nitrogens with zero attached hydrogens (tertiary/aromatic N) is 2. The van der Waals surface area contributed by atoms with Gasteiger partial charge in [0, 0.05) is 32.0 Å². The number of ether oxygens (including phenoxy) is 1. The van der Waals surface area contributed by atoms with Crippen molar-refractivity contribution in [1.29, 1.82) is 0 Å². The third-order valence-corrected chi connectivity index (χ3v) is 3.89. The largest absolute Gasteiger partial charge is 0.385 e. The van der Waals surface area contributed by atoms with Crippen LogP contribution in [0.4, 0.5) is 11.5 Å². The summed E-state index contributed by atoms with van der Waals surface area (Å²) in [5.41, 5.74) is 3.72. The predicted molar refractivity (Wildman–Crippen MR) is 99.4 cm³/mol. The van der Waals surface area contributed by atoms with Crippen molar-refractivity contribution < 1.29 is 9.53 Å². The van der Waals surface area contributed by atoms with Crippen LogP contribution in [0, 0.1) is 6.92 Å². The van der Waals surface area contributed by atoms with Gasteiger partial charge >= 0.3 is 0 Å². The van der Waals surface area contributed by atoms with E-state index in [1.54, 1.807) is 13.2 Å². The summed E-state index contributed by atoms with van der Waals surface area (Å²) in [5.74, 6) is 0.774. The van der Waals surface area contributed by atoms with Gasteiger partial charge in [-0.1, -0.05) is 32.0 Å². The summed E-state index contributed by atoms with van der Waals surface area (Å²) in [4.78, 5) is 20.5. The smallest absolute Gasteiger partial charge is 0.270 e. The first-order chi connectivity index (χ1) is 12.0. The van der Waals surface area contributed by atoms with Crippen LogP contribution in [0.1, 0.15) is 47.8 Å². The molecule has 0 fully saturated rings. The fraction of sp³-hybridized carbons (Fsp3) is 0.421. The van der Waals surface area contributed by atoms with E-state index in [0.29, 0.717) is 30.6 Å². The Labute approximate surface area is 149 Å². The molecule has 0 bridgehead atoms. The molecule has 2 aromatic rings. The Morgan fingerprint density at radius 3 is 2.80 bits per heavy atom. The van der Waals surface area contributed by atoms with Crippen LogP contribution in [0.5, 0.6) is 0 Å². The molecule has 1 amide bonds. The van der Waals surface area contributed by atoms with E-state index in [2.05, 4.69) is 59.6 Å². The lowest BCUT2D eigenvalue weighted by atomic mass is 9.98. The molecule has 0 saturated carbocycles. The van der Waals surface area contributed by atoms with Crippen molar-refractivity contribution in [2.45, 2.75) is 33.1 Å². The quantitative estimate of drug-likeness (QED) is 0.719. The summed E-state index contributed by atoms with van der Waals surface area (Å²) >= 11 is 0. The van der Waals surface area contributed by atoms with Crippen molar-refractivity contribution in [3.05, 3.63) is 47.4 Å². The van der Waals surface area contributed by atoms with Gasteiger partial charge in [0.15, 0.2) is 0 Å². The van der Waals surface area contributed by atoms with E-state index < -0.39 is 0 Å². The normalized spacial score (nSPS) is 10.8. The van der Waals surface area contributed by atoms with Crippen LogP contribution in [0.15, 0.2) is 30.6 Å². The van der Waals surface area contributed by atoms with E-state index in [9.17, 15) is 4.79 Å². The van der Waals surface area contributed by atoms with E-state index >= 15 is 0 Å². The minimum atomic E-state index is -0.213. The average molecular weight is 342 g/mol. The number of benzene rings is 1. The molecule has 0 radical (unpaired) electrons. The van der Waals surface area contributed by atoms with Gasteiger partial charge in [0.25, 0.3) is 5.91 Å². The Balaban J connectivity index is 2.13. The minimum absolute atomic E-state index is 0.213. The molecule has 0 aliphatic heterocycles. The summed E-state index contributed by atoms with van der Waals surface area (Å²) in [7, 11) is 1.64. The molecular formula is C19H26N4O2. The Kier molecular flexibility index (Phi) is 6.89. The van der Waals surface area contributed by atoms with Crippen molar-refractivity contribution in [3.63, 3.8) is 0 Å². The summed E-state index contributed by atoms with van der Waals surface area (Å²) < 4.78 is 4.97. The van der Waals surface area contributed by atoms with Crippen LogP contribution in [-0.2, 0) is 4.74 Å². The second-order valence-electron chi connectivity index (χ2n) is 6.21. The average Bonchev–Trinajstić information content (AvgIpc) is 2.60. The van der Waals surface area contributed by atoms with Gasteiger partial charge in [-0.2, -0.15) is 0 Å². The molecule has 2 rings (SSSR count). The zero-order valence-corrected chi connectivity index (χ0v) is 15.3. The van der Waals surface area contributed by atoms with Gasteiger partial charge in [0.05, 0.1) is 0 Å². The summed E-state index contributed by atoms with van der Waals surface area (Å²) in [5, 5.41) is 6.17. The van der Waals surface area contributed by atoms with Crippen molar-refractivity contribution in [3.8, 4) is 0 Å². The Morgan fingerprint density at radius 1 is 1.28 bits per heavy atom. The van der Waals surface area contributed by atoms with Crippen LogP contribution in [-0.4, -0.2) is 36.1 Å². The number of aryl methyl sites for hydroxylation is 1. The summed E-state index contributed by atoms with van der Waals surface area (Å²) in [6, 6.07) is 7.88. The highest BCUT2D eigenvalue weighted by atomic mass is 16.5. The predicted octanol–water partition coefficient (Wildman–Crippen LogP) is 3.42. The molecule has 1 heterocycles. The van der Waals surface area contributed by atoms with Gasteiger partial charge in [0.1, 0.15) is 17.8 Å². The summed E-state index contributed by atoms with van der Waals surface area (Å²) in [6.45, 7) is 7.52. The Bertz CT molecular complexity index is 716. The molecular weight excluding hydrogens is 316 g/mol. The fourth-order valence-electron chi connectivity index (χ4n) is 2.53. The second kappa shape index (κ2) is 9.13. The molecule has 0 atom stereocenters. The van der Waals surface area contributed by atoms with Gasteiger partial charge in [0.2, 0.25) is 0 Å². The van der Waals surface area contributed by atoms with Crippen LogP contribution >= 0.6 is 0 Å². The first kappa shape index (κ1) is 18.9. The van der Waals surface area contributed by atoms with Crippen LogP contribution < -0.4 is 10.6 Å². The zero-order chi connectivity index (χ0) is 18.2. The minimum Gasteiger partial charge on any atom is -0.385 e. The molecule has 1 aromatic carbocycles. The number of para-hydroxylation sites is 1. The second-order valence-corrected chi connectivity index (χ2v) is 6.21. The van der Waals surface area contributed by atoms with Crippen molar-refractivity contribution in [2.75, 3.05) is 25.6 Å². The van der Waals surface area contributed by atoms with E-state index in [1.807, 2.05) is 0 Å². The van der Waals surface area contributed by atoms with Gasteiger partial charge < -0.3 is 15.4 Å². The van der Waals surface area contributed by atoms with Crippen LogP contribution in [0.2, 0.25) is 0 Å². The lowest BCUT2D eigenvalue weighted by Gasteiger charge is -2.17. The number of methoxy groups -OCH3 is 1. The maximum absolute atomic E-state index is 12.2. The lowest BCUT2D eigenvalue weighted by molar-refractivity contribution is 0.0943. The monoisotopic (exact) mass is 342 g/mol. The summed E-state index contributed by atoms with van der Waals surface area (Å²) in [6.07, 6.45) is 2.17. The molecule has 1 aromatic heterocycles. The maximum atomic E-state index is 12.2. The highest BCUT2D eigenvalue weighted by Crippen LogP contribution is 2.29. The standard InChI is InChI=1S/C19H26N4O2/c1-13(2)15-8-5-7-14(3)18(15)23-17-11-16(21-12-22-17)19(24)20-9-6-10-25-4/h5,7-8,11-13H,6,9-10H2,1-4H3,(H,20,24)(H,21,22,23). The van der Waals surface area contributed by atoms with E-state index in [0.717, 1.165) is 17.7 Å². The molecule has 6 nitrogen and oxygen atoms in total. The third-order valence-electron chi connectivity index (χ3n) is 3.89. The third kappa shape index (κ3) is 5.26. The number of anilines is 2. The topological polar surface area (TPSA) is 76.1 Å². The van der Waals surface area contributed by atoms with Crippen molar-refractivity contribution >= 4 is 17.4 Å². The van der Waals surface area contributed by atoms with Gasteiger partial charge in [-0.15, -0.1) is 0 Å². The van der Waals surface area contributed by atoms with E-state index in [1.165, 1.54) is 11.9 Å². The number of nitrogens with one attached hydrogen (secondary N) is 2. The molecule has 2 N–H and O–H groups in total. The molecule has 0 spiro atoms. The molecule has 0 unspecified atom stereocenters. The van der Waals surface area contributed by atoms with E-state index in [4.69, 9.17) is 4.74 Å². The first-order valence-electron chi connectivity index (χ1n) is 8.48. The van der Waals surface area contributed by atoms with Crippen molar-refractivity contribution in [2.24, 2.45) is 0 Å². The van der Waals surface area contributed by atoms with Gasteiger partial charge in [-0.05, 0) is 30.4 Å². The number of carbonyl (C=O) groups excluding carboxylic acids is 1. The SMILES string of the molecule is COCCCNC(=O)c1cc(Nc2c(C)cccc2C(C)C)ncn1. The van der Waals surface area contributed by atoms with Crippen molar-refractivity contribution in [1.82, 2.24) is 15.3 Å². The maximum Gasteiger partial charge on any atom is 0.270 e. The number of amides is 1.